The molecule has 6 nitrogen and oxygen atoms in total. The lowest BCUT2D eigenvalue weighted by Crippen LogP contribution is -2.23. The molecule has 2 heterocycles. The van der Waals surface area contributed by atoms with Crippen molar-refractivity contribution in [2.45, 2.75) is 32.2 Å². The number of nitrogens with zero attached hydrogens (tertiary/aromatic N) is 1. The highest BCUT2D eigenvalue weighted by Crippen LogP contribution is 2.40. The maximum absolute atomic E-state index is 13.1. The van der Waals surface area contributed by atoms with E-state index in [1.807, 2.05) is 24.3 Å². The third-order valence-corrected chi connectivity index (χ3v) is 7.03. The zero-order chi connectivity index (χ0) is 21.8. The second kappa shape index (κ2) is 9.70. The van der Waals surface area contributed by atoms with E-state index in [0.29, 0.717) is 23.6 Å². The van der Waals surface area contributed by atoms with Gasteiger partial charge in [-0.05, 0) is 65.4 Å². The molecule has 0 spiro atoms. The van der Waals surface area contributed by atoms with E-state index in [0.717, 1.165) is 52.0 Å². The molecule has 2 aromatic heterocycles. The Labute approximate surface area is 193 Å². The van der Waals surface area contributed by atoms with Gasteiger partial charge in [-0.3, -0.25) is 4.79 Å². The quantitative estimate of drug-likeness (QED) is 0.421. The van der Waals surface area contributed by atoms with Crippen LogP contribution in [0.5, 0.6) is 11.5 Å². The van der Waals surface area contributed by atoms with Gasteiger partial charge in [0.25, 0.3) is 5.91 Å². The molecule has 0 fully saturated rings. The zero-order valence-electron chi connectivity index (χ0n) is 17.4. The first-order valence-electron chi connectivity index (χ1n) is 10.0. The topological polar surface area (TPSA) is 73.1 Å². The van der Waals surface area contributed by atoms with Gasteiger partial charge in [0.15, 0.2) is 0 Å². The molecule has 1 aliphatic rings. The molecule has 0 saturated heterocycles. The number of carbonyl (C=O) groups excluding carboxylic acids is 1. The molecule has 0 aliphatic heterocycles. The number of rotatable bonds is 7. The predicted octanol–water partition coefficient (Wildman–Crippen LogP) is 5.68. The summed E-state index contributed by atoms with van der Waals surface area (Å²) in [4.78, 5) is 19.1. The van der Waals surface area contributed by atoms with Gasteiger partial charge in [0.2, 0.25) is 0 Å². The SMILES string of the molecule is COc1cc(OC)c(/C=N\c2sc3c(c2C(=O)NCc2ccco2)CCCC3)cc1Br. The van der Waals surface area contributed by atoms with Crippen molar-refractivity contribution in [1.82, 2.24) is 5.32 Å². The minimum atomic E-state index is -0.120. The van der Waals surface area contributed by atoms with Gasteiger partial charge in [0.1, 0.15) is 22.3 Å². The van der Waals surface area contributed by atoms with Crippen molar-refractivity contribution in [2.24, 2.45) is 4.99 Å². The number of hydrogen-bond donors (Lipinski definition) is 1. The molecule has 0 atom stereocenters. The van der Waals surface area contributed by atoms with Crippen molar-refractivity contribution in [1.29, 1.82) is 0 Å². The van der Waals surface area contributed by atoms with Crippen LogP contribution in [-0.4, -0.2) is 26.3 Å². The summed E-state index contributed by atoms with van der Waals surface area (Å²) in [6.07, 6.45) is 7.47. The summed E-state index contributed by atoms with van der Waals surface area (Å²) >= 11 is 5.11. The summed E-state index contributed by atoms with van der Waals surface area (Å²) in [7, 11) is 3.22. The van der Waals surface area contributed by atoms with E-state index in [9.17, 15) is 4.79 Å². The fourth-order valence-corrected chi connectivity index (χ4v) is 5.41. The van der Waals surface area contributed by atoms with Crippen LogP contribution < -0.4 is 14.8 Å². The molecule has 31 heavy (non-hydrogen) atoms. The number of methoxy groups -OCH3 is 2. The summed E-state index contributed by atoms with van der Waals surface area (Å²) in [5, 5.41) is 3.69. The van der Waals surface area contributed by atoms with E-state index in [1.54, 1.807) is 38.0 Å². The molecule has 1 N–H and O–H groups in total. The first kappa shape index (κ1) is 21.6. The summed E-state index contributed by atoms with van der Waals surface area (Å²) < 4.78 is 17.0. The smallest absolute Gasteiger partial charge is 0.255 e. The number of ether oxygens (including phenoxy) is 2. The van der Waals surface area contributed by atoms with Crippen molar-refractivity contribution < 1.29 is 18.7 Å². The molecular weight excluding hydrogens is 480 g/mol. The molecule has 1 amide bonds. The van der Waals surface area contributed by atoms with Crippen molar-refractivity contribution in [3.05, 3.63) is 62.3 Å². The average molecular weight is 503 g/mol. The van der Waals surface area contributed by atoms with Crippen LogP contribution in [0.1, 0.15) is 45.0 Å². The second-order valence-corrected chi connectivity index (χ2v) is 9.08. The number of fused-ring (bicyclic) bond motifs is 1. The second-order valence-electron chi connectivity index (χ2n) is 7.14. The largest absolute Gasteiger partial charge is 0.496 e. The third kappa shape index (κ3) is 4.70. The van der Waals surface area contributed by atoms with Gasteiger partial charge < -0.3 is 19.2 Å². The summed E-state index contributed by atoms with van der Waals surface area (Å²) in [5.41, 5.74) is 2.60. The lowest BCUT2D eigenvalue weighted by Gasteiger charge is -2.12. The van der Waals surface area contributed by atoms with Gasteiger partial charge >= 0.3 is 0 Å². The summed E-state index contributed by atoms with van der Waals surface area (Å²) in [6.45, 7) is 0.346. The molecule has 8 heteroatoms. The highest BCUT2D eigenvalue weighted by molar-refractivity contribution is 9.10. The number of nitrogens with one attached hydrogen (secondary N) is 1. The zero-order valence-corrected chi connectivity index (χ0v) is 19.8. The molecule has 0 bridgehead atoms. The molecule has 1 aliphatic carbocycles. The number of aryl methyl sites for hydroxylation is 1. The Bertz CT molecular complexity index is 1110. The Balaban J connectivity index is 1.66. The van der Waals surface area contributed by atoms with Crippen molar-refractivity contribution in [2.75, 3.05) is 14.2 Å². The van der Waals surface area contributed by atoms with Crippen LogP contribution in [0, 0.1) is 0 Å². The molecule has 1 aromatic carbocycles. The van der Waals surface area contributed by atoms with Crippen LogP contribution in [0.2, 0.25) is 0 Å². The van der Waals surface area contributed by atoms with Crippen LogP contribution >= 0.6 is 27.3 Å². The lowest BCUT2D eigenvalue weighted by molar-refractivity contribution is 0.0948. The monoisotopic (exact) mass is 502 g/mol. The van der Waals surface area contributed by atoms with Gasteiger partial charge in [-0.2, -0.15) is 0 Å². The number of thiophene rings is 1. The molecular formula is C23H23BrN2O4S. The van der Waals surface area contributed by atoms with Crippen molar-refractivity contribution in [3.63, 3.8) is 0 Å². The number of hydrogen-bond acceptors (Lipinski definition) is 6. The molecule has 4 rings (SSSR count). The predicted molar refractivity (Wildman–Crippen MR) is 125 cm³/mol. The number of halogens is 1. The first-order valence-corrected chi connectivity index (χ1v) is 11.6. The molecule has 0 saturated carbocycles. The number of aliphatic imine (C=N–C) groups is 1. The van der Waals surface area contributed by atoms with E-state index in [2.05, 4.69) is 21.2 Å². The minimum absolute atomic E-state index is 0.120. The standard InChI is InChI=1S/C23H23BrN2O4S/c1-28-18-11-19(29-2)17(24)10-14(18)12-26-23-21(16-7-3-4-8-20(16)31-23)22(27)25-13-15-6-5-9-30-15/h5-6,9-12H,3-4,7-8,13H2,1-2H3,(H,25,27)/b26-12-. The minimum Gasteiger partial charge on any atom is -0.496 e. The maximum atomic E-state index is 13.1. The van der Waals surface area contributed by atoms with Crippen LogP contribution in [0.15, 0.2) is 44.4 Å². The van der Waals surface area contributed by atoms with Gasteiger partial charge in [-0.25, -0.2) is 4.99 Å². The van der Waals surface area contributed by atoms with Crippen LogP contribution in [-0.2, 0) is 19.4 Å². The van der Waals surface area contributed by atoms with Crippen LogP contribution in [0.4, 0.5) is 5.00 Å². The summed E-state index contributed by atoms with van der Waals surface area (Å²) in [5.74, 6) is 1.92. The van der Waals surface area contributed by atoms with Gasteiger partial charge in [0, 0.05) is 22.7 Å². The average Bonchev–Trinajstić information content (AvgIpc) is 3.43. The van der Waals surface area contributed by atoms with Crippen molar-refractivity contribution in [3.8, 4) is 11.5 Å². The van der Waals surface area contributed by atoms with E-state index >= 15 is 0 Å². The Morgan fingerprint density at radius 3 is 2.81 bits per heavy atom. The van der Waals surface area contributed by atoms with E-state index in [4.69, 9.17) is 18.9 Å². The number of carbonyl (C=O) groups is 1. The van der Waals surface area contributed by atoms with Gasteiger partial charge in [0.05, 0.1) is 37.1 Å². The molecule has 0 unspecified atom stereocenters. The normalized spacial score (nSPS) is 13.3. The van der Waals surface area contributed by atoms with E-state index < -0.39 is 0 Å². The van der Waals surface area contributed by atoms with E-state index in [1.165, 1.54) is 4.88 Å². The molecule has 0 radical (unpaired) electrons. The Morgan fingerprint density at radius 1 is 1.26 bits per heavy atom. The fraction of sp³-hybridized carbons (Fsp3) is 0.304. The first-order chi connectivity index (χ1) is 15.1. The van der Waals surface area contributed by atoms with Gasteiger partial charge in [-0.1, -0.05) is 0 Å². The fourth-order valence-electron chi connectivity index (χ4n) is 3.66. The van der Waals surface area contributed by atoms with Crippen LogP contribution in [0.25, 0.3) is 0 Å². The Kier molecular flexibility index (Phi) is 6.77. The van der Waals surface area contributed by atoms with Crippen LogP contribution in [0.3, 0.4) is 0 Å². The van der Waals surface area contributed by atoms with Gasteiger partial charge in [-0.15, -0.1) is 11.3 Å². The molecule has 3 aromatic rings. The number of amides is 1. The Hall–Kier alpha value is -2.58. The highest BCUT2D eigenvalue weighted by atomic mass is 79.9. The third-order valence-electron chi connectivity index (χ3n) is 5.21. The van der Waals surface area contributed by atoms with Crippen molar-refractivity contribution >= 4 is 44.4 Å². The molecule has 162 valence electrons. The number of furan rings is 1. The number of benzene rings is 1. The summed E-state index contributed by atoms with van der Waals surface area (Å²) in [6, 6.07) is 7.35. The highest BCUT2D eigenvalue weighted by Gasteiger charge is 2.25. The van der Waals surface area contributed by atoms with E-state index in [-0.39, 0.29) is 5.91 Å². The Morgan fingerprint density at radius 2 is 2.06 bits per heavy atom. The lowest BCUT2D eigenvalue weighted by atomic mass is 9.95. The maximum Gasteiger partial charge on any atom is 0.255 e.